The van der Waals surface area contributed by atoms with Gasteiger partial charge in [0, 0.05) is 10.6 Å². The number of hydrogen-bond donors (Lipinski definition) is 2. The SMILES string of the molecule is C#C/C=C\C(=C/C)C1(C(=O)Nc2ncc(Sc3ccccc3N)s2)CC1. The number of amides is 1. The van der Waals surface area contributed by atoms with Crippen molar-refractivity contribution in [2.75, 3.05) is 11.1 Å². The van der Waals surface area contributed by atoms with Crippen LogP contribution in [0.2, 0.25) is 0 Å². The summed E-state index contributed by atoms with van der Waals surface area (Å²) < 4.78 is 0.974. The van der Waals surface area contributed by atoms with E-state index in [2.05, 4.69) is 16.2 Å². The molecule has 1 saturated carbocycles. The van der Waals surface area contributed by atoms with Gasteiger partial charge in [0.25, 0.3) is 0 Å². The molecule has 0 spiro atoms. The zero-order valence-electron chi connectivity index (χ0n) is 14.4. The number of rotatable bonds is 6. The summed E-state index contributed by atoms with van der Waals surface area (Å²) in [4.78, 5) is 18.1. The molecule has 2 aromatic rings. The van der Waals surface area contributed by atoms with E-state index in [4.69, 9.17) is 12.2 Å². The monoisotopic (exact) mass is 381 g/mol. The summed E-state index contributed by atoms with van der Waals surface area (Å²) in [6, 6.07) is 7.68. The molecule has 1 heterocycles. The normalized spacial score (nSPS) is 15.6. The van der Waals surface area contributed by atoms with Crippen LogP contribution >= 0.6 is 23.1 Å². The summed E-state index contributed by atoms with van der Waals surface area (Å²) in [6.07, 6.45) is 14.1. The Morgan fingerprint density at radius 3 is 2.88 bits per heavy atom. The topological polar surface area (TPSA) is 68.0 Å². The third kappa shape index (κ3) is 3.85. The van der Waals surface area contributed by atoms with E-state index in [0.717, 1.165) is 33.2 Å². The maximum atomic E-state index is 12.8. The molecule has 0 radical (unpaired) electrons. The lowest BCUT2D eigenvalue weighted by Crippen LogP contribution is -2.25. The average Bonchev–Trinajstić information content (AvgIpc) is 3.33. The first-order valence-electron chi connectivity index (χ1n) is 8.18. The standard InChI is InChI=1S/C20H19N3OS2/c1-3-5-8-14(4-2)20(11-12-20)18(24)23-19-22-13-17(26-19)25-16-10-7-6-9-15(16)21/h1,4-10,13H,11-12,21H2,2H3,(H,22,23,24)/b8-5-,14-4+. The smallest absolute Gasteiger partial charge is 0.236 e. The molecule has 1 aromatic carbocycles. The fraction of sp³-hybridized carbons (Fsp3) is 0.200. The summed E-state index contributed by atoms with van der Waals surface area (Å²) >= 11 is 2.98. The Balaban J connectivity index is 1.69. The quantitative estimate of drug-likeness (QED) is 0.431. The second kappa shape index (κ2) is 7.81. The molecule has 0 bridgehead atoms. The van der Waals surface area contributed by atoms with Crippen molar-refractivity contribution in [3.8, 4) is 12.3 Å². The number of nitrogens with one attached hydrogen (secondary N) is 1. The van der Waals surface area contributed by atoms with Crippen LogP contribution in [-0.4, -0.2) is 10.9 Å². The number of nitrogens with two attached hydrogens (primary N) is 1. The number of allylic oxidation sites excluding steroid dienone is 3. The highest BCUT2D eigenvalue weighted by Gasteiger charge is 2.51. The van der Waals surface area contributed by atoms with Gasteiger partial charge in [-0.15, -0.1) is 6.42 Å². The molecule has 0 unspecified atom stereocenters. The van der Waals surface area contributed by atoms with Crippen molar-refractivity contribution in [1.29, 1.82) is 0 Å². The summed E-state index contributed by atoms with van der Waals surface area (Å²) in [5.74, 6) is 2.45. The highest BCUT2D eigenvalue weighted by molar-refractivity contribution is 8.01. The minimum atomic E-state index is -0.481. The number of aromatic nitrogens is 1. The van der Waals surface area contributed by atoms with E-state index >= 15 is 0 Å². The van der Waals surface area contributed by atoms with Crippen LogP contribution in [0, 0.1) is 17.8 Å². The zero-order valence-corrected chi connectivity index (χ0v) is 16.0. The number of carbonyl (C=O) groups excluding carboxylic acids is 1. The number of terminal acetylenes is 1. The Kier molecular flexibility index (Phi) is 5.50. The van der Waals surface area contributed by atoms with E-state index in [1.165, 1.54) is 11.3 Å². The molecule has 0 aliphatic heterocycles. The molecule has 4 nitrogen and oxygen atoms in total. The van der Waals surface area contributed by atoms with E-state index in [1.807, 2.05) is 43.3 Å². The van der Waals surface area contributed by atoms with E-state index < -0.39 is 5.41 Å². The van der Waals surface area contributed by atoms with Crippen LogP contribution in [0.4, 0.5) is 10.8 Å². The van der Waals surface area contributed by atoms with Crippen LogP contribution < -0.4 is 11.1 Å². The molecule has 3 N–H and O–H groups in total. The lowest BCUT2D eigenvalue weighted by atomic mass is 9.94. The van der Waals surface area contributed by atoms with Crippen molar-refractivity contribution in [2.45, 2.75) is 28.9 Å². The Hall–Kier alpha value is -2.49. The van der Waals surface area contributed by atoms with Crippen molar-refractivity contribution in [1.82, 2.24) is 4.98 Å². The summed E-state index contributed by atoms with van der Waals surface area (Å²) in [7, 11) is 0. The maximum absolute atomic E-state index is 12.8. The van der Waals surface area contributed by atoms with Gasteiger partial charge < -0.3 is 11.1 Å². The number of anilines is 2. The molecular formula is C20H19N3OS2. The summed E-state index contributed by atoms with van der Waals surface area (Å²) in [6.45, 7) is 1.92. The van der Waals surface area contributed by atoms with Crippen LogP contribution in [-0.2, 0) is 4.79 Å². The van der Waals surface area contributed by atoms with Gasteiger partial charge in [0.05, 0.1) is 15.8 Å². The van der Waals surface area contributed by atoms with Crippen molar-refractivity contribution < 1.29 is 4.79 Å². The number of benzene rings is 1. The first-order chi connectivity index (χ1) is 12.6. The molecule has 3 rings (SSSR count). The first kappa shape index (κ1) is 18.3. The fourth-order valence-corrected chi connectivity index (χ4v) is 4.58. The fourth-order valence-electron chi connectivity index (χ4n) is 2.70. The Bertz CT molecular complexity index is 917. The lowest BCUT2D eigenvalue weighted by molar-refractivity contribution is -0.119. The third-order valence-electron chi connectivity index (χ3n) is 4.24. The van der Waals surface area contributed by atoms with Crippen molar-refractivity contribution in [2.24, 2.45) is 5.41 Å². The first-order valence-corrected chi connectivity index (χ1v) is 9.81. The molecule has 1 aliphatic rings. The van der Waals surface area contributed by atoms with Gasteiger partial charge in [-0.2, -0.15) is 0 Å². The Labute approximate surface area is 161 Å². The van der Waals surface area contributed by atoms with Crippen LogP contribution in [0.5, 0.6) is 0 Å². The lowest BCUT2D eigenvalue weighted by Gasteiger charge is -2.15. The van der Waals surface area contributed by atoms with Crippen LogP contribution in [0.15, 0.2) is 63.4 Å². The van der Waals surface area contributed by atoms with Crippen molar-refractivity contribution in [3.05, 3.63) is 54.3 Å². The number of carbonyl (C=O) groups is 1. The number of para-hydroxylation sites is 1. The van der Waals surface area contributed by atoms with Gasteiger partial charge in [-0.25, -0.2) is 4.98 Å². The molecule has 1 aromatic heterocycles. The molecule has 1 aliphatic carbocycles. The summed E-state index contributed by atoms with van der Waals surface area (Å²) in [5.41, 5.74) is 7.18. The minimum Gasteiger partial charge on any atom is -0.398 e. The van der Waals surface area contributed by atoms with Gasteiger partial charge in [-0.3, -0.25) is 4.79 Å². The van der Waals surface area contributed by atoms with Gasteiger partial charge in [0.1, 0.15) is 0 Å². The van der Waals surface area contributed by atoms with Gasteiger partial charge in [-0.05, 0) is 49.6 Å². The molecule has 0 atom stereocenters. The van der Waals surface area contributed by atoms with E-state index in [9.17, 15) is 4.79 Å². The van der Waals surface area contributed by atoms with Gasteiger partial charge >= 0.3 is 0 Å². The minimum absolute atomic E-state index is 0.0302. The van der Waals surface area contributed by atoms with Crippen LogP contribution in [0.25, 0.3) is 0 Å². The molecular weight excluding hydrogens is 362 g/mol. The van der Waals surface area contributed by atoms with E-state index in [-0.39, 0.29) is 5.91 Å². The van der Waals surface area contributed by atoms with Crippen LogP contribution in [0.3, 0.4) is 0 Å². The Morgan fingerprint density at radius 1 is 1.46 bits per heavy atom. The molecule has 6 heteroatoms. The summed E-state index contributed by atoms with van der Waals surface area (Å²) in [5, 5.41) is 3.55. The number of nitrogen functional groups attached to an aromatic ring is 1. The molecule has 1 fully saturated rings. The number of nitrogens with zero attached hydrogens (tertiary/aromatic N) is 1. The number of thiazole rings is 1. The van der Waals surface area contributed by atoms with Gasteiger partial charge in [0.15, 0.2) is 5.13 Å². The highest BCUT2D eigenvalue weighted by atomic mass is 32.2. The average molecular weight is 382 g/mol. The largest absolute Gasteiger partial charge is 0.398 e. The van der Waals surface area contributed by atoms with Crippen LogP contribution in [0.1, 0.15) is 19.8 Å². The molecule has 1 amide bonds. The number of hydrogen-bond acceptors (Lipinski definition) is 5. The molecule has 0 saturated heterocycles. The second-order valence-corrected chi connectivity index (χ2v) is 8.28. The Morgan fingerprint density at radius 2 is 2.23 bits per heavy atom. The molecule has 132 valence electrons. The van der Waals surface area contributed by atoms with Crippen molar-refractivity contribution >= 4 is 39.8 Å². The van der Waals surface area contributed by atoms with E-state index in [1.54, 1.807) is 24.0 Å². The van der Waals surface area contributed by atoms with Gasteiger partial charge in [-0.1, -0.05) is 47.2 Å². The second-order valence-electron chi connectivity index (χ2n) is 5.90. The van der Waals surface area contributed by atoms with Gasteiger partial charge in [0.2, 0.25) is 5.91 Å². The highest BCUT2D eigenvalue weighted by Crippen LogP contribution is 2.53. The van der Waals surface area contributed by atoms with E-state index in [0.29, 0.717) is 5.13 Å². The third-order valence-corrected chi connectivity index (χ3v) is 6.35. The predicted molar refractivity (Wildman–Crippen MR) is 109 cm³/mol. The zero-order chi connectivity index (χ0) is 18.6. The maximum Gasteiger partial charge on any atom is 0.236 e. The molecule has 26 heavy (non-hydrogen) atoms. The van der Waals surface area contributed by atoms with Crippen molar-refractivity contribution in [3.63, 3.8) is 0 Å². The predicted octanol–water partition coefficient (Wildman–Crippen LogP) is 4.73.